The van der Waals surface area contributed by atoms with E-state index in [1.54, 1.807) is 0 Å². The zero-order valence-electron chi connectivity index (χ0n) is 10.8. The highest BCUT2D eigenvalue weighted by atomic mass is 16.5. The molecule has 2 unspecified atom stereocenters. The van der Waals surface area contributed by atoms with E-state index in [0.717, 1.165) is 38.3 Å². The summed E-state index contributed by atoms with van der Waals surface area (Å²) in [5.41, 5.74) is 0. The number of rotatable bonds is 4. The van der Waals surface area contributed by atoms with Crippen LogP contribution in [0.1, 0.15) is 26.2 Å². The third kappa shape index (κ3) is 3.44. The smallest absolute Gasteiger partial charge is 0.0594 e. The first-order chi connectivity index (χ1) is 7.75. The highest BCUT2D eigenvalue weighted by Crippen LogP contribution is 2.21. The monoisotopic (exact) mass is 226 g/mol. The molecule has 2 fully saturated rings. The maximum Gasteiger partial charge on any atom is 0.0594 e. The molecule has 0 aromatic carbocycles. The normalized spacial score (nSPS) is 30.8. The second-order valence-corrected chi connectivity index (χ2v) is 5.49. The molecule has 0 saturated carbocycles. The van der Waals surface area contributed by atoms with E-state index in [1.807, 2.05) is 0 Å². The molecule has 2 aliphatic heterocycles. The molecule has 2 saturated heterocycles. The van der Waals surface area contributed by atoms with E-state index in [9.17, 15) is 0 Å². The van der Waals surface area contributed by atoms with Crippen LogP contribution in [-0.4, -0.2) is 62.3 Å². The molecule has 16 heavy (non-hydrogen) atoms. The van der Waals surface area contributed by atoms with Gasteiger partial charge in [0.2, 0.25) is 0 Å². The van der Waals surface area contributed by atoms with Gasteiger partial charge in [-0.15, -0.1) is 0 Å². The summed E-state index contributed by atoms with van der Waals surface area (Å²) >= 11 is 0. The fourth-order valence-corrected chi connectivity index (χ4v) is 2.94. The van der Waals surface area contributed by atoms with Crippen molar-refractivity contribution < 1.29 is 4.74 Å². The predicted octanol–water partition coefficient (Wildman–Crippen LogP) is 1.44. The van der Waals surface area contributed by atoms with Crippen molar-refractivity contribution >= 4 is 0 Å². The third-order valence-corrected chi connectivity index (χ3v) is 4.15. The molecule has 94 valence electrons. The SMILES string of the molecule is CC(CCC1CCN(C)C1)N1CCOCC1. The minimum Gasteiger partial charge on any atom is -0.379 e. The first-order valence-corrected chi connectivity index (χ1v) is 6.76. The topological polar surface area (TPSA) is 15.7 Å². The molecule has 0 spiro atoms. The molecular formula is C13H26N2O. The molecule has 0 amide bonds. The van der Waals surface area contributed by atoms with Gasteiger partial charge >= 0.3 is 0 Å². The molecule has 0 aromatic heterocycles. The summed E-state index contributed by atoms with van der Waals surface area (Å²) in [5, 5.41) is 0. The Balaban J connectivity index is 1.64. The summed E-state index contributed by atoms with van der Waals surface area (Å²) in [7, 11) is 2.24. The molecule has 2 rings (SSSR count). The number of hydrogen-bond acceptors (Lipinski definition) is 3. The second kappa shape index (κ2) is 5.99. The minimum absolute atomic E-state index is 0.745. The average molecular weight is 226 g/mol. The van der Waals surface area contributed by atoms with Gasteiger partial charge in [-0.1, -0.05) is 0 Å². The van der Waals surface area contributed by atoms with Crippen molar-refractivity contribution in [1.82, 2.24) is 9.80 Å². The number of morpholine rings is 1. The Morgan fingerprint density at radius 3 is 2.62 bits per heavy atom. The van der Waals surface area contributed by atoms with Crippen LogP contribution in [-0.2, 0) is 4.74 Å². The van der Waals surface area contributed by atoms with E-state index in [-0.39, 0.29) is 0 Å². The first-order valence-electron chi connectivity index (χ1n) is 6.76. The summed E-state index contributed by atoms with van der Waals surface area (Å²) in [6, 6.07) is 0.745. The molecule has 3 nitrogen and oxygen atoms in total. The van der Waals surface area contributed by atoms with Crippen LogP contribution in [0.2, 0.25) is 0 Å². The van der Waals surface area contributed by atoms with Gasteiger partial charge in [0.1, 0.15) is 0 Å². The molecule has 0 aromatic rings. The van der Waals surface area contributed by atoms with E-state index in [2.05, 4.69) is 23.8 Å². The Labute approximate surface area is 99.7 Å². The summed E-state index contributed by atoms with van der Waals surface area (Å²) in [6.07, 6.45) is 4.17. The van der Waals surface area contributed by atoms with E-state index < -0.39 is 0 Å². The number of hydrogen-bond donors (Lipinski definition) is 0. The van der Waals surface area contributed by atoms with Crippen LogP contribution in [0.5, 0.6) is 0 Å². The Bertz CT molecular complexity index is 204. The second-order valence-electron chi connectivity index (χ2n) is 5.49. The molecule has 2 heterocycles. The predicted molar refractivity (Wildman–Crippen MR) is 66.7 cm³/mol. The third-order valence-electron chi connectivity index (χ3n) is 4.15. The molecule has 2 atom stereocenters. The first kappa shape index (κ1) is 12.3. The van der Waals surface area contributed by atoms with Crippen LogP contribution in [0.3, 0.4) is 0 Å². The van der Waals surface area contributed by atoms with Gasteiger partial charge in [0.25, 0.3) is 0 Å². The number of nitrogens with zero attached hydrogens (tertiary/aromatic N) is 2. The standard InChI is InChI=1S/C13H26N2O/c1-12(15-7-9-16-10-8-15)3-4-13-5-6-14(2)11-13/h12-13H,3-11H2,1-2H3. The lowest BCUT2D eigenvalue weighted by Crippen LogP contribution is -2.42. The highest BCUT2D eigenvalue weighted by Gasteiger charge is 2.22. The maximum absolute atomic E-state index is 5.39. The molecule has 0 aliphatic carbocycles. The van der Waals surface area contributed by atoms with Crippen LogP contribution < -0.4 is 0 Å². The fraction of sp³-hybridized carbons (Fsp3) is 1.00. The van der Waals surface area contributed by atoms with Crippen LogP contribution in [0.25, 0.3) is 0 Å². The number of ether oxygens (including phenoxy) is 1. The highest BCUT2D eigenvalue weighted by molar-refractivity contribution is 4.76. The summed E-state index contributed by atoms with van der Waals surface area (Å²) in [5.74, 6) is 0.952. The van der Waals surface area contributed by atoms with Gasteiger partial charge in [-0.25, -0.2) is 0 Å². The minimum atomic E-state index is 0.745. The van der Waals surface area contributed by atoms with Gasteiger partial charge in [0, 0.05) is 25.7 Å². The van der Waals surface area contributed by atoms with Gasteiger partial charge in [0.05, 0.1) is 13.2 Å². The molecule has 0 radical (unpaired) electrons. The van der Waals surface area contributed by atoms with Crippen molar-refractivity contribution in [2.75, 3.05) is 46.4 Å². The summed E-state index contributed by atoms with van der Waals surface area (Å²) in [4.78, 5) is 5.05. The van der Waals surface area contributed by atoms with Gasteiger partial charge in [0.15, 0.2) is 0 Å². The summed E-state index contributed by atoms with van der Waals surface area (Å²) in [6.45, 7) is 9.11. The Hall–Kier alpha value is -0.120. The lowest BCUT2D eigenvalue weighted by atomic mass is 9.99. The Morgan fingerprint density at radius 2 is 2.00 bits per heavy atom. The van der Waals surface area contributed by atoms with E-state index in [0.29, 0.717) is 0 Å². The van der Waals surface area contributed by atoms with Crippen molar-refractivity contribution in [2.24, 2.45) is 5.92 Å². The van der Waals surface area contributed by atoms with Crippen molar-refractivity contribution in [1.29, 1.82) is 0 Å². The van der Waals surface area contributed by atoms with Crippen molar-refractivity contribution in [3.63, 3.8) is 0 Å². The Kier molecular flexibility index (Phi) is 4.62. The lowest BCUT2D eigenvalue weighted by Gasteiger charge is -2.32. The van der Waals surface area contributed by atoms with Crippen LogP contribution in [0.15, 0.2) is 0 Å². The molecular weight excluding hydrogens is 200 g/mol. The van der Waals surface area contributed by atoms with Crippen LogP contribution in [0, 0.1) is 5.92 Å². The van der Waals surface area contributed by atoms with Crippen molar-refractivity contribution in [2.45, 2.75) is 32.2 Å². The quantitative estimate of drug-likeness (QED) is 0.721. The fourth-order valence-electron chi connectivity index (χ4n) is 2.94. The van der Waals surface area contributed by atoms with Gasteiger partial charge in [-0.05, 0) is 45.7 Å². The van der Waals surface area contributed by atoms with Gasteiger partial charge in [-0.3, -0.25) is 4.90 Å². The van der Waals surface area contributed by atoms with Crippen molar-refractivity contribution in [3.8, 4) is 0 Å². The summed E-state index contributed by atoms with van der Waals surface area (Å²) < 4.78 is 5.39. The average Bonchev–Trinajstić information content (AvgIpc) is 2.73. The van der Waals surface area contributed by atoms with E-state index in [1.165, 1.54) is 32.4 Å². The maximum atomic E-state index is 5.39. The van der Waals surface area contributed by atoms with Crippen LogP contribution >= 0.6 is 0 Å². The molecule has 0 N–H and O–H groups in total. The molecule has 0 bridgehead atoms. The number of likely N-dealkylation sites (tertiary alicyclic amines) is 1. The van der Waals surface area contributed by atoms with Crippen molar-refractivity contribution in [3.05, 3.63) is 0 Å². The molecule has 3 heteroatoms. The Morgan fingerprint density at radius 1 is 1.25 bits per heavy atom. The zero-order valence-corrected chi connectivity index (χ0v) is 10.8. The lowest BCUT2D eigenvalue weighted by molar-refractivity contribution is 0.0175. The molecule has 2 aliphatic rings. The van der Waals surface area contributed by atoms with Gasteiger partial charge < -0.3 is 9.64 Å². The van der Waals surface area contributed by atoms with Crippen LogP contribution in [0.4, 0.5) is 0 Å². The largest absolute Gasteiger partial charge is 0.379 e. The van der Waals surface area contributed by atoms with E-state index in [4.69, 9.17) is 4.74 Å². The van der Waals surface area contributed by atoms with E-state index >= 15 is 0 Å². The van der Waals surface area contributed by atoms with Gasteiger partial charge in [-0.2, -0.15) is 0 Å². The zero-order chi connectivity index (χ0) is 11.4.